The molecule has 4 nitrogen and oxygen atoms in total. The van der Waals surface area contributed by atoms with Crippen LogP contribution in [0, 0.1) is 11.8 Å². The van der Waals surface area contributed by atoms with Gasteiger partial charge in [0.25, 0.3) is 0 Å². The molecule has 0 N–H and O–H groups in total. The van der Waals surface area contributed by atoms with Crippen LogP contribution in [0.5, 0.6) is 0 Å². The molecule has 1 aliphatic rings. The van der Waals surface area contributed by atoms with Gasteiger partial charge in [-0.3, -0.25) is 9.59 Å². The van der Waals surface area contributed by atoms with Crippen LogP contribution in [-0.2, 0) is 16.0 Å². The number of rotatable bonds is 6. The first-order chi connectivity index (χ1) is 13.8. The molecule has 29 heavy (non-hydrogen) atoms. The second-order valence-electron chi connectivity index (χ2n) is 8.36. The van der Waals surface area contributed by atoms with Crippen LogP contribution >= 0.6 is 22.9 Å². The Bertz CT molecular complexity index is 860. The van der Waals surface area contributed by atoms with Crippen LogP contribution in [-0.4, -0.2) is 41.2 Å². The van der Waals surface area contributed by atoms with Gasteiger partial charge >= 0.3 is 0 Å². The number of carbonyl (C=O) groups excluding carboxylic acids is 2. The predicted octanol–water partition coefficient (Wildman–Crippen LogP) is 5.02. The van der Waals surface area contributed by atoms with Crippen LogP contribution in [0.4, 0.5) is 0 Å². The van der Waals surface area contributed by atoms with Crippen molar-refractivity contribution in [2.75, 3.05) is 19.6 Å². The van der Waals surface area contributed by atoms with E-state index in [0.29, 0.717) is 24.0 Å². The highest BCUT2D eigenvalue weighted by Crippen LogP contribution is 2.38. The molecular formula is C23H29ClN2O2S. The lowest BCUT2D eigenvalue weighted by atomic mass is 9.93. The van der Waals surface area contributed by atoms with Crippen LogP contribution in [0.15, 0.2) is 35.7 Å². The topological polar surface area (TPSA) is 40.6 Å². The molecule has 3 rings (SSSR count). The maximum Gasteiger partial charge on any atom is 0.242 e. The molecule has 2 aromatic rings. The minimum absolute atomic E-state index is 0.00329. The molecule has 0 saturated heterocycles. The Kier molecular flexibility index (Phi) is 7.01. The highest BCUT2D eigenvalue weighted by atomic mass is 35.5. The van der Waals surface area contributed by atoms with Crippen molar-refractivity contribution in [3.63, 3.8) is 0 Å². The molecule has 0 radical (unpaired) electrons. The molecule has 1 aromatic heterocycles. The van der Waals surface area contributed by atoms with Crippen molar-refractivity contribution in [1.29, 1.82) is 0 Å². The van der Waals surface area contributed by atoms with Crippen LogP contribution in [0.25, 0.3) is 0 Å². The van der Waals surface area contributed by atoms with Gasteiger partial charge in [-0.25, -0.2) is 0 Å². The van der Waals surface area contributed by atoms with E-state index in [0.717, 1.165) is 12.0 Å². The number of benzene rings is 1. The second-order valence-corrected chi connectivity index (χ2v) is 9.79. The highest BCUT2D eigenvalue weighted by molar-refractivity contribution is 7.10. The normalized spacial score (nSPS) is 16.2. The van der Waals surface area contributed by atoms with Gasteiger partial charge in [0.15, 0.2) is 0 Å². The number of hydrogen-bond donors (Lipinski definition) is 0. The van der Waals surface area contributed by atoms with Crippen molar-refractivity contribution in [2.24, 2.45) is 11.8 Å². The number of amides is 2. The van der Waals surface area contributed by atoms with Crippen LogP contribution in [0.2, 0.25) is 5.02 Å². The molecule has 1 aromatic carbocycles. The van der Waals surface area contributed by atoms with Gasteiger partial charge in [-0.2, -0.15) is 0 Å². The second kappa shape index (κ2) is 9.31. The smallest absolute Gasteiger partial charge is 0.242 e. The van der Waals surface area contributed by atoms with Gasteiger partial charge < -0.3 is 9.80 Å². The van der Waals surface area contributed by atoms with E-state index in [-0.39, 0.29) is 30.3 Å². The molecule has 0 saturated carbocycles. The third kappa shape index (κ3) is 5.01. The number of hydrogen-bond acceptors (Lipinski definition) is 3. The predicted molar refractivity (Wildman–Crippen MR) is 119 cm³/mol. The SMILES string of the molecule is CC(C)CN(CC(=O)N1CCc2sccc2C1c1ccc(Cl)cc1)C(=O)C(C)C. The summed E-state index contributed by atoms with van der Waals surface area (Å²) in [6.45, 7) is 9.28. The van der Waals surface area contributed by atoms with Crippen molar-refractivity contribution >= 4 is 34.8 Å². The van der Waals surface area contributed by atoms with E-state index in [1.165, 1.54) is 10.4 Å². The summed E-state index contributed by atoms with van der Waals surface area (Å²) in [7, 11) is 0. The lowest BCUT2D eigenvalue weighted by molar-refractivity contribution is -0.143. The minimum atomic E-state index is -0.134. The molecule has 2 heterocycles. The van der Waals surface area contributed by atoms with E-state index >= 15 is 0 Å². The van der Waals surface area contributed by atoms with Gasteiger partial charge in [-0.15, -0.1) is 11.3 Å². The zero-order valence-electron chi connectivity index (χ0n) is 17.5. The third-order valence-corrected chi connectivity index (χ3v) is 6.44. The summed E-state index contributed by atoms with van der Waals surface area (Å²) in [6.07, 6.45) is 0.852. The molecule has 0 bridgehead atoms. The van der Waals surface area contributed by atoms with Gasteiger partial charge in [-0.1, -0.05) is 51.4 Å². The fourth-order valence-electron chi connectivity index (χ4n) is 3.88. The number of halogens is 1. The average Bonchev–Trinajstić information content (AvgIpc) is 3.15. The summed E-state index contributed by atoms with van der Waals surface area (Å²) >= 11 is 7.83. The Morgan fingerprint density at radius 2 is 1.86 bits per heavy atom. The fraction of sp³-hybridized carbons (Fsp3) is 0.478. The summed E-state index contributed by atoms with van der Waals surface area (Å²) in [5.41, 5.74) is 2.23. The number of fused-ring (bicyclic) bond motifs is 1. The molecule has 0 fully saturated rings. The van der Waals surface area contributed by atoms with Gasteiger partial charge in [0.05, 0.1) is 12.6 Å². The average molecular weight is 433 g/mol. The zero-order chi connectivity index (χ0) is 21.1. The molecule has 0 spiro atoms. The fourth-order valence-corrected chi connectivity index (χ4v) is 4.91. The van der Waals surface area contributed by atoms with Crippen LogP contribution in [0.1, 0.15) is 49.7 Å². The summed E-state index contributed by atoms with van der Waals surface area (Å²) in [6, 6.07) is 9.70. The Morgan fingerprint density at radius 3 is 2.48 bits per heavy atom. The van der Waals surface area contributed by atoms with Gasteiger partial charge in [0, 0.05) is 28.9 Å². The van der Waals surface area contributed by atoms with E-state index in [1.54, 1.807) is 16.2 Å². The summed E-state index contributed by atoms with van der Waals surface area (Å²) in [4.78, 5) is 31.1. The van der Waals surface area contributed by atoms with E-state index in [4.69, 9.17) is 11.6 Å². The standard InChI is InChI=1S/C23H29ClN2O2S/c1-15(2)13-25(23(28)16(3)4)14-21(27)26-11-9-20-19(10-12-29-20)22(26)17-5-7-18(24)8-6-17/h5-8,10,12,15-16,22H,9,11,13-14H2,1-4H3. The molecule has 1 aliphatic heterocycles. The van der Waals surface area contributed by atoms with Crippen LogP contribution < -0.4 is 0 Å². The summed E-state index contributed by atoms with van der Waals surface area (Å²) < 4.78 is 0. The molecule has 6 heteroatoms. The molecule has 156 valence electrons. The lowest BCUT2D eigenvalue weighted by Crippen LogP contribution is -2.48. The lowest BCUT2D eigenvalue weighted by Gasteiger charge is -2.38. The van der Waals surface area contributed by atoms with Gasteiger partial charge in [0.2, 0.25) is 11.8 Å². The van der Waals surface area contributed by atoms with Crippen molar-refractivity contribution < 1.29 is 9.59 Å². The largest absolute Gasteiger partial charge is 0.333 e. The first-order valence-corrected chi connectivity index (χ1v) is 11.4. The summed E-state index contributed by atoms with van der Waals surface area (Å²) in [5.74, 6) is 0.209. The minimum Gasteiger partial charge on any atom is -0.333 e. The van der Waals surface area contributed by atoms with Gasteiger partial charge in [0.1, 0.15) is 0 Å². The van der Waals surface area contributed by atoms with E-state index in [9.17, 15) is 9.59 Å². The quantitative estimate of drug-likeness (QED) is 0.643. The maximum atomic E-state index is 13.4. The molecule has 2 amide bonds. The zero-order valence-corrected chi connectivity index (χ0v) is 19.1. The van der Waals surface area contributed by atoms with Gasteiger partial charge in [-0.05, 0) is 47.0 Å². The Morgan fingerprint density at radius 1 is 1.17 bits per heavy atom. The Balaban J connectivity index is 1.89. The molecule has 1 atom stereocenters. The molecule has 1 unspecified atom stereocenters. The summed E-state index contributed by atoms with van der Waals surface area (Å²) in [5, 5.41) is 2.77. The number of thiophene rings is 1. The van der Waals surface area contributed by atoms with Crippen molar-refractivity contribution in [2.45, 2.75) is 40.2 Å². The molecule has 0 aliphatic carbocycles. The molecular weight excluding hydrogens is 404 g/mol. The van der Waals surface area contributed by atoms with E-state index in [1.807, 2.05) is 43.0 Å². The monoisotopic (exact) mass is 432 g/mol. The Labute approximate surface area is 182 Å². The highest BCUT2D eigenvalue weighted by Gasteiger charge is 2.34. The van der Waals surface area contributed by atoms with E-state index in [2.05, 4.69) is 25.3 Å². The maximum absolute atomic E-state index is 13.4. The Hall–Kier alpha value is -1.85. The first kappa shape index (κ1) is 21.8. The van der Waals surface area contributed by atoms with Crippen molar-refractivity contribution in [1.82, 2.24) is 9.80 Å². The van der Waals surface area contributed by atoms with Crippen LogP contribution in [0.3, 0.4) is 0 Å². The van der Waals surface area contributed by atoms with Crippen molar-refractivity contribution in [3.8, 4) is 0 Å². The number of nitrogens with zero attached hydrogens (tertiary/aromatic N) is 2. The van der Waals surface area contributed by atoms with E-state index < -0.39 is 0 Å². The first-order valence-electron chi connectivity index (χ1n) is 10.2. The van der Waals surface area contributed by atoms with Crippen molar-refractivity contribution in [3.05, 3.63) is 56.7 Å². The third-order valence-electron chi connectivity index (χ3n) is 5.19. The number of carbonyl (C=O) groups is 2.